The van der Waals surface area contributed by atoms with Crippen molar-refractivity contribution < 1.29 is 13.2 Å². The molecule has 1 aliphatic rings. The number of aliphatic imine (C=N–C) groups is 1. The minimum Gasteiger partial charge on any atom is -0.378 e. The largest absolute Gasteiger partial charge is 0.378 e. The summed E-state index contributed by atoms with van der Waals surface area (Å²) in [5.41, 5.74) is 0. The van der Waals surface area contributed by atoms with Gasteiger partial charge in [0.1, 0.15) is 0 Å². The third-order valence-corrected chi connectivity index (χ3v) is 5.24. The molecule has 0 aromatic rings. The van der Waals surface area contributed by atoms with Gasteiger partial charge in [-0.2, -0.15) is 4.31 Å². The molecule has 1 aliphatic heterocycles. The molecule has 0 N–H and O–H groups in total. The van der Waals surface area contributed by atoms with E-state index in [0.717, 1.165) is 12.5 Å². The van der Waals surface area contributed by atoms with Crippen LogP contribution < -0.4 is 0 Å². The van der Waals surface area contributed by atoms with Crippen molar-refractivity contribution in [3.63, 3.8) is 0 Å². The highest BCUT2D eigenvalue weighted by molar-refractivity contribution is 14.0. The van der Waals surface area contributed by atoms with Crippen molar-refractivity contribution in [1.82, 2.24) is 14.1 Å². The summed E-state index contributed by atoms with van der Waals surface area (Å²) < 4.78 is 31.5. The molecule has 0 radical (unpaired) electrons. The molecule has 1 fully saturated rings. The van der Waals surface area contributed by atoms with Crippen LogP contribution in [-0.4, -0.2) is 93.8 Å². The molecule has 0 bridgehead atoms. The summed E-state index contributed by atoms with van der Waals surface area (Å²) in [5, 5.41) is 0. The average molecular weight is 462 g/mol. The molecule has 0 aromatic heterocycles. The Hall–Kier alpha value is -0.130. The lowest BCUT2D eigenvalue weighted by molar-refractivity contribution is 0.0904. The van der Waals surface area contributed by atoms with Crippen LogP contribution in [0, 0.1) is 0 Å². The van der Waals surface area contributed by atoms with E-state index < -0.39 is 10.0 Å². The molecule has 0 aromatic carbocycles. The second-order valence-corrected chi connectivity index (χ2v) is 7.88. The van der Waals surface area contributed by atoms with Gasteiger partial charge in [0.15, 0.2) is 5.96 Å². The fraction of sp³-hybridized carbons (Fsp3) is 0.929. The van der Waals surface area contributed by atoms with E-state index in [2.05, 4.69) is 9.89 Å². The number of hydrogen-bond acceptors (Lipinski definition) is 4. The molecule has 0 atom stereocenters. The van der Waals surface area contributed by atoms with Crippen LogP contribution in [0.5, 0.6) is 0 Å². The van der Waals surface area contributed by atoms with Crippen LogP contribution in [-0.2, 0) is 14.8 Å². The highest BCUT2D eigenvalue weighted by Crippen LogP contribution is 2.10. The van der Waals surface area contributed by atoms with Gasteiger partial charge in [-0.25, -0.2) is 8.42 Å². The smallest absolute Gasteiger partial charge is 0.216 e. The summed E-state index contributed by atoms with van der Waals surface area (Å²) in [6, 6.07) is 0. The number of piperazine rings is 1. The third-order valence-electron chi connectivity index (χ3n) is 3.41. The lowest BCUT2D eigenvalue weighted by Crippen LogP contribution is -2.54. The molecule has 9 heteroatoms. The molecular weight excluding hydrogens is 431 g/mol. The minimum absolute atomic E-state index is 0. The van der Waals surface area contributed by atoms with Crippen molar-refractivity contribution in [3.05, 3.63) is 0 Å². The van der Waals surface area contributed by atoms with E-state index in [0.29, 0.717) is 26.2 Å². The molecule has 0 amide bonds. The van der Waals surface area contributed by atoms with Gasteiger partial charge in [0.2, 0.25) is 10.0 Å². The van der Waals surface area contributed by atoms with E-state index in [1.54, 1.807) is 4.31 Å². The van der Waals surface area contributed by atoms with E-state index in [4.69, 9.17) is 4.74 Å². The molecular formula is C14H31IN4O3S. The molecule has 0 saturated carbocycles. The highest BCUT2D eigenvalue weighted by Gasteiger charge is 2.28. The normalized spacial score (nSPS) is 17.3. The van der Waals surface area contributed by atoms with E-state index in [-0.39, 0.29) is 42.4 Å². The maximum atomic E-state index is 12.3. The first-order valence-corrected chi connectivity index (χ1v) is 9.45. The van der Waals surface area contributed by atoms with Gasteiger partial charge in [-0.05, 0) is 20.8 Å². The minimum atomic E-state index is -3.23. The molecule has 0 aliphatic carbocycles. The number of halogens is 1. The number of nitrogens with zero attached hydrogens (tertiary/aromatic N) is 4. The van der Waals surface area contributed by atoms with Gasteiger partial charge < -0.3 is 14.5 Å². The van der Waals surface area contributed by atoms with Crippen LogP contribution in [0.25, 0.3) is 0 Å². The molecule has 1 heterocycles. The van der Waals surface area contributed by atoms with Gasteiger partial charge in [0.25, 0.3) is 0 Å². The second-order valence-electron chi connectivity index (χ2n) is 5.79. The van der Waals surface area contributed by atoms with Gasteiger partial charge >= 0.3 is 0 Å². The van der Waals surface area contributed by atoms with E-state index >= 15 is 0 Å². The molecule has 1 saturated heterocycles. The first-order chi connectivity index (χ1) is 10.3. The highest BCUT2D eigenvalue weighted by atomic mass is 127. The summed E-state index contributed by atoms with van der Waals surface area (Å²) in [4.78, 5) is 8.60. The summed E-state index contributed by atoms with van der Waals surface area (Å²) in [5.74, 6) is 0.970. The topological polar surface area (TPSA) is 65.5 Å². The van der Waals surface area contributed by atoms with Gasteiger partial charge in [-0.3, -0.25) is 4.99 Å². The lowest BCUT2D eigenvalue weighted by atomic mass is 10.4. The Labute approximate surface area is 158 Å². The van der Waals surface area contributed by atoms with Gasteiger partial charge in [0, 0.05) is 46.8 Å². The average Bonchev–Trinajstić information content (AvgIpc) is 2.44. The Kier molecular flexibility index (Phi) is 10.6. The van der Waals surface area contributed by atoms with Crippen LogP contribution in [0.15, 0.2) is 4.99 Å². The van der Waals surface area contributed by atoms with Crippen LogP contribution in [0.3, 0.4) is 0 Å². The molecule has 0 spiro atoms. The predicted octanol–water partition coefficient (Wildman–Crippen LogP) is 0.914. The summed E-state index contributed by atoms with van der Waals surface area (Å²) in [6.45, 7) is 9.12. The van der Waals surface area contributed by atoms with Crippen molar-refractivity contribution in [2.75, 3.05) is 59.2 Å². The monoisotopic (exact) mass is 462 g/mol. The summed E-state index contributed by atoms with van der Waals surface area (Å²) in [7, 11) is 0.686. The Morgan fingerprint density at radius 3 is 2.22 bits per heavy atom. The third kappa shape index (κ3) is 7.53. The Morgan fingerprint density at radius 1 is 1.22 bits per heavy atom. The first-order valence-electron chi connectivity index (χ1n) is 7.84. The Balaban J connectivity index is 0.00000484. The van der Waals surface area contributed by atoms with E-state index in [9.17, 15) is 8.42 Å². The Morgan fingerprint density at radius 2 is 1.78 bits per heavy atom. The number of rotatable bonds is 6. The first kappa shape index (κ1) is 22.9. The van der Waals surface area contributed by atoms with Gasteiger partial charge in [0.05, 0.1) is 18.5 Å². The number of hydrogen-bond donors (Lipinski definition) is 0. The zero-order valence-corrected chi connectivity index (χ0v) is 18.0. The Bertz CT molecular complexity index is 461. The van der Waals surface area contributed by atoms with Crippen LogP contribution >= 0.6 is 24.0 Å². The van der Waals surface area contributed by atoms with Crippen LogP contribution in [0.2, 0.25) is 0 Å². The van der Waals surface area contributed by atoms with Crippen molar-refractivity contribution in [1.29, 1.82) is 0 Å². The zero-order chi connectivity index (χ0) is 16.8. The van der Waals surface area contributed by atoms with Crippen LogP contribution in [0.1, 0.15) is 20.8 Å². The molecule has 0 unspecified atom stereocenters. The summed E-state index contributed by atoms with van der Waals surface area (Å²) >= 11 is 0. The number of sulfonamides is 1. The van der Waals surface area contributed by atoms with E-state index in [1.165, 1.54) is 0 Å². The molecule has 138 valence electrons. The van der Waals surface area contributed by atoms with Crippen molar-refractivity contribution in [2.24, 2.45) is 4.99 Å². The maximum absolute atomic E-state index is 12.3. The molecule has 1 rings (SSSR count). The zero-order valence-electron chi connectivity index (χ0n) is 14.9. The number of guanidine groups is 1. The lowest BCUT2D eigenvalue weighted by Gasteiger charge is -2.37. The second kappa shape index (κ2) is 10.7. The van der Waals surface area contributed by atoms with Crippen molar-refractivity contribution in [2.45, 2.75) is 26.9 Å². The maximum Gasteiger partial charge on any atom is 0.216 e. The van der Waals surface area contributed by atoms with Crippen LogP contribution in [0.4, 0.5) is 0 Å². The standard InChI is InChI=1S/C14H30N4O3S.HI/c1-6-15-14(16(4)5)17-7-9-18(10-8-17)22(19,20)12-11-21-13(2)3;/h13H,6-12H2,1-5H3;1H. The number of ether oxygens (including phenoxy) is 1. The van der Waals surface area contributed by atoms with Gasteiger partial charge in [-0.1, -0.05) is 0 Å². The van der Waals surface area contributed by atoms with Crippen molar-refractivity contribution >= 4 is 40.0 Å². The summed E-state index contributed by atoms with van der Waals surface area (Å²) in [6.07, 6.45) is 0.0555. The predicted molar refractivity (Wildman–Crippen MR) is 105 cm³/mol. The quantitative estimate of drug-likeness (QED) is 0.334. The van der Waals surface area contributed by atoms with Gasteiger partial charge in [-0.15, -0.1) is 24.0 Å². The SMILES string of the molecule is CCN=C(N(C)C)N1CCN(S(=O)(=O)CCOC(C)C)CC1.I. The van der Waals surface area contributed by atoms with E-state index in [1.807, 2.05) is 39.8 Å². The molecule has 7 nitrogen and oxygen atoms in total. The fourth-order valence-corrected chi connectivity index (χ4v) is 3.63. The fourth-order valence-electron chi connectivity index (χ4n) is 2.35. The molecule has 23 heavy (non-hydrogen) atoms. The van der Waals surface area contributed by atoms with Crippen molar-refractivity contribution in [3.8, 4) is 0 Å².